The maximum absolute atomic E-state index is 12.5. The van der Waals surface area contributed by atoms with Crippen LogP contribution in [0.5, 0.6) is 5.75 Å². The van der Waals surface area contributed by atoms with Crippen molar-refractivity contribution >= 4 is 23.6 Å². The second kappa shape index (κ2) is 9.12. The Hall–Kier alpha value is -3.22. The summed E-state index contributed by atoms with van der Waals surface area (Å²) in [5.41, 5.74) is 2.64. The van der Waals surface area contributed by atoms with Crippen molar-refractivity contribution in [2.24, 2.45) is 0 Å². The van der Waals surface area contributed by atoms with Crippen molar-refractivity contribution in [2.75, 3.05) is 11.9 Å². The molecule has 0 spiro atoms. The lowest BCUT2D eigenvalue weighted by molar-refractivity contribution is -0.384. The van der Waals surface area contributed by atoms with Gasteiger partial charge in [-0.3, -0.25) is 19.7 Å². The van der Waals surface area contributed by atoms with Crippen LogP contribution in [0.3, 0.4) is 0 Å². The van der Waals surface area contributed by atoms with Crippen LogP contribution in [-0.2, 0) is 4.79 Å². The number of amides is 1. The van der Waals surface area contributed by atoms with Crippen LogP contribution in [-0.4, -0.2) is 23.7 Å². The fourth-order valence-corrected chi connectivity index (χ4v) is 2.89. The number of hydrogen-bond acceptors (Lipinski definition) is 5. The molecule has 0 aliphatic carbocycles. The van der Waals surface area contributed by atoms with E-state index in [1.807, 2.05) is 18.2 Å². The summed E-state index contributed by atoms with van der Waals surface area (Å²) in [6.07, 6.45) is 0.463. The lowest BCUT2D eigenvalue weighted by Crippen LogP contribution is -2.22. The van der Waals surface area contributed by atoms with Crippen LogP contribution in [0.4, 0.5) is 11.4 Å². The minimum Gasteiger partial charge on any atom is -0.483 e. The van der Waals surface area contributed by atoms with E-state index in [0.29, 0.717) is 6.29 Å². The van der Waals surface area contributed by atoms with Crippen LogP contribution in [0.15, 0.2) is 36.4 Å². The topological polar surface area (TPSA) is 98.5 Å². The molecule has 0 unspecified atom stereocenters. The smallest absolute Gasteiger partial charge is 0.270 e. The van der Waals surface area contributed by atoms with Gasteiger partial charge < -0.3 is 10.1 Å². The van der Waals surface area contributed by atoms with Crippen molar-refractivity contribution < 1.29 is 19.2 Å². The predicted molar refractivity (Wildman–Crippen MR) is 107 cm³/mol. The van der Waals surface area contributed by atoms with Crippen molar-refractivity contribution in [3.8, 4) is 5.75 Å². The Labute approximate surface area is 163 Å². The molecule has 0 bridgehead atoms. The van der Waals surface area contributed by atoms with Gasteiger partial charge in [-0.15, -0.1) is 0 Å². The fraction of sp³-hybridized carbons (Fsp3) is 0.333. The van der Waals surface area contributed by atoms with Crippen LogP contribution in [0.2, 0.25) is 0 Å². The standard InChI is InChI=1S/C21H24N2O5/c1-13(2)17-6-5-7-18(14(3)4)21(17)22-20(25)12-28-19-9-8-16(23(26)27)10-15(19)11-24/h5-11,13-14H,12H2,1-4H3,(H,22,25). The first-order valence-corrected chi connectivity index (χ1v) is 9.03. The monoisotopic (exact) mass is 384 g/mol. The lowest BCUT2D eigenvalue weighted by Gasteiger charge is -2.20. The molecule has 0 fully saturated rings. The van der Waals surface area contributed by atoms with Gasteiger partial charge in [-0.1, -0.05) is 45.9 Å². The highest BCUT2D eigenvalue weighted by Crippen LogP contribution is 2.32. The number of nitro benzene ring substituents is 1. The van der Waals surface area contributed by atoms with Crippen molar-refractivity contribution in [3.05, 3.63) is 63.2 Å². The van der Waals surface area contributed by atoms with Gasteiger partial charge >= 0.3 is 0 Å². The summed E-state index contributed by atoms with van der Waals surface area (Å²) in [6, 6.07) is 9.60. The number of rotatable bonds is 8. The largest absolute Gasteiger partial charge is 0.483 e. The first-order chi connectivity index (χ1) is 13.2. The number of nitro groups is 1. The van der Waals surface area contributed by atoms with E-state index in [2.05, 4.69) is 33.0 Å². The van der Waals surface area contributed by atoms with E-state index in [0.717, 1.165) is 22.9 Å². The molecule has 0 saturated carbocycles. The number of anilines is 1. The molecule has 0 heterocycles. The van der Waals surface area contributed by atoms with Gasteiger partial charge in [0.15, 0.2) is 12.9 Å². The average molecular weight is 384 g/mol. The van der Waals surface area contributed by atoms with Gasteiger partial charge in [0.05, 0.1) is 10.5 Å². The molecule has 2 aromatic rings. The number of carbonyl (C=O) groups excluding carboxylic acids is 2. The molecule has 0 aromatic heterocycles. The number of ether oxygens (including phenoxy) is 1. The number of para-hydroxylation sites is 1. The van der Waals surface area contributed by atoms with E-state index in [4.69, 9.17) is 4.74 Å². The number of benzene rings is 2. The Morgan fingerprint density at radius 1 is 1.14 bits per heavy atom. The minimum atomic E-state index is -0.597. The maximum Gasteiger partial charge on any atom is 0.270 e. The summed E-state index contributed by atoms with van der Waals surface area (Å²) in [5.74, 6) is 0.208. The number of carbonyl (C=O) groups is 2. The lowest BCUT2D eigenvalue weighted by atomic mass is 9.92. The molecular weight excluding hydrogens is 360 g/mol. The normalized spacial score (nSPS) is 10.8. The SMILES string of the molecule is CC(C)c1cccc(C(C)C)c1NC(=O)COc1ccc([N+](=O)[O-])cc1C=O. The number of aldehydes is 1. The van der Waals surface area contributed by atoms with Crippen molar-refractivity contribution in [1.29, 1.82) is 0 Å². The minimum absolute atomic E-state index is 0.0208. The molecule has 28 heavy (non-hydrogen) atoms. The summed E-state index contributed by atoms with van der Waals surface area (Å²) < 4.78 is 5.43. The number of non-ortho nitro benzene ring substituents is 1. The van der Waals surface area contributed by atoms with Gasteiger partial charge in [0.1, 0.15) is 5.75 Å². The summed E-state index contributed by atoms with van der Waals surface area (Å²) in [6.45, 7) is 7.90. The second-order valence-corrected chi connectivity index (χ2v) is 7.05. The van der Waals surface area contributed by atoms with Gasteiger partial charge in [0.2, 0.25) is 0 Å². The Bertz CT molecular complexity index is 864. The molecule has 148 valence electrons. The van der Waals surface area contributed by atoms with Gasteiger partial charge in [-0.2, -0.15) is 0 Å². The molecule has 0 radical (unpaired) electrons. The highest BCUT2D eigenvalue weighted by molar-refractivity contribution is 5.94. The Kier molecular flexibility index (Phi) is 6.87. The summed E-state index contributed by atoms with van der Waals surface area (Å²) in [7, 11) is 0. The molecule has 1 N–H and O–H groups in total. The molecule has 2 aromatic carbocycles. The second-order valence-electron chi connectivity index (χ2n) is 7.05. The van der Waals surface area contributed by atoms with Crippen LogP contribution in [0.1, 0.15) is 61.0 Å². The zero-order chi connectivity index (χ0) is 20.8. The molecule has 0 atom stereocenters. The highest BCUT2D eigenvalue weighted by Gasteiger charge is 2.17. The van der Waals surface area contributed by atoms with Gasteiger partial charge in [-0.05, 0) is 29.0 Å². The first kappa shape index (κ1) is 21.1. The van der Waals surface area contributed by atoms with Crippen LogP contribution in [0, 0.1) is 10.1 Å². The molecule has 0 aliphatic heterocycles. The van der Waals surface area contributed by atoms with E-state index < -0.39 is 4.92 Å². The third-order valence-corrected chi connectivity index (χ3v) is 4.33. The van der Waals surface area contributed by atoms with E-state index in [1.54, 1.807) is 0 Å². The molecular formula is C21H24N2O5. The number of hydrogen-bond donors (Lipinski definition) is 1. The number of nitrogens with one attached hydrogen (secondary N) is 1. The van der Waals surface area contributed by atoms with E-state index in [-0.39, 0.29) is 41.4 Å². The predicted octanol–water partition coefficient (Wildman–Crippen LogP) is 4.67. The average Bonchev–Trinajstić information content (AvgIpc) is 2.65. The summed E-state index contributed by atoms with van der Waals surface area (Å²) >= 11 is 0. The van der Waals surface area contributed by atoms with E-state index in [1.165, 1.54) is 12.1 Å². The third kappa shape index (κ3) is 4.94. The molecule has 1 amide bonds. The van der Waals surface area contributed by atoms with E-state index >= 15 is 0 Å². The summed E-state index contributed by atoms with van der Waals surface area (Å²) in [4.78, 5) is 33.9. The maximum atomic E-state index is 12.5. The zero-order valence-corrected chi connectivity index (χ0v) is 16.4. The van der Waals surface area contributed by atoms with Crippen molar-refractivity contribution in [1.82, 2.24) is 0 Å². The molecule has 0 aliphatic rings. The number of nitrogens with zero attached hydrogens (tertiary/aromatic N) is 1. The van der Waals surface area contributed by atoms with Crippen LogP contribution >= 0.6 is 0 Å². The van der Waals surface area contributed by atoms with Crippen molar-refractivity contribution in [2.45, 2.75) is 39.5 Å². The van der Waals surface area contributed by atoms with Crippen molar-refractivity contribution in [3.63, 3.8) is 0 Å². The van der Waals surface area contributed by atoms with Gasteiger partial charge in [0, 0.05) is 17.8 Å². The first-order valence-electron chi connectivity index (χ1n) is 9.03. The Balaban J connectivity index is 2.18. The molecule has 0 saturated heterocycles. The quantitative estimate of drug-likeness (QED) is 0.405. The Morgan fingerprint density at radius 3 is 2.25 bits per heavy atom. The van der Waals surface area contributed by atoms with Gasteiger partial charge in [-0.25, -0.2) is 0 Å². The van der Waals surface area contributed by atoms with Crippen LogP contribution in [0.25, 0.3) is 0 Å². The summed E-state index contributed by atoms with van der Waals surface area (Å²) in [5, 5.41) is 13.7. The van der Waals surface area contributed by atoms with Crippen LogP contribution < -0.4 is 10.1 Å². The molecule has 7 heteroatoms. The van der Waals surface area contributed by atoms with E-state index in [9.17, 15) is 19.7 Å². The third-order valence-electron chi connectivity index (χ3n) is 4.33. The highest BCUT2D eigenvalue weighted by atomic mass is 16.6. The molecule has 7 nitrogen and oxygen atoms in total. The fourth-order valence-electron chi connectivity index (χ4n) is 2.89. The van der Waals surface area contributed by atoms with Gasteiger partial charge in [0.25, 0.3) is 11.6 Å². The Morgan fingerprint density at radius 2 is 1.75 bits per heavy atom. The zero-order valence-electron chi connectivity index (χ0n) is 16.4. The molecule has 2 rings (SSSR count).